The quantitative estimate of drug-likeness (QED) is 0.357. The summed E-state index contributed by atoms with van der Waals surface area (Å²) in [6.07, 6.45) is 0.230. The first-order valence-electron chi connectivity index (χ1n) is 10.6. The Morgan fingerprint density at radius 3 is 2.62 bits per heavy atom. The van der Waals surface area contributed by atoms with Crippen molar-refractivity contribution in [1.82, 2.24) is 9.55 Å². The fraction of sp³-hybridized carbons (Fsp3) is 0.192. The third kappa shape index (κ3) is 3.60. The highest BCUT2D eigenvalue weighted by atomic mass is 32.2. The van der Waals surface area contributed by atoms with Crippen molar-refractivity contribution in [1.29, 1.82) is 0 Å². The Morgan fingerprint density at radius 2 is 1.78 bits per heavy atom. The van der Waals surface area contributed by atoms with E-state index in [1.54, 1.807) is 0 Å². The SMILES string of the molecule is Cc1ccccc1CSc1nc(=O)c2c(n1C)NC(=O)CC2c1cccc2ccccc12. The van der Waals surface area contributed by atoms with Gasteiger partial charge < -0.3 is 9.88 Å². The molecule has 4 aromatic rings. The van der Waals surface area contributed by atoms with Crippen molar-refractivity contribution in [2.75, 3.05) is 5.32 Å². The third-order valence-corrected chi connectivity index (χ3v) is 7.20. The van der Waals surface area contributed by atoms with E-state index in [-0.39, 0.29) is 23.8 Å². The Hall–Kier alpha value is -3.38. The maximum Gasteiger partial charge on any atom is 0.279 e. The molecule has 32 heavy (non-hydrogen) atoms. The van der Waals surface area contributed by atoms with E-state index in [9.17, 15) is 9.59 Å². The number of fused-ring (bicyclic) bond motifs is 2. The summed E-state index contributed by atoms with van der Waals surface area (Å²) in [5, 5.41) is 5.68. The second kappa shape index (κ2) is 8.28. The van der Waals surface area contributed by atoms with Crippen LogP contribution in [0.15, 0.2) is 76.7 Å². The van der Waals surface area contributed by atoms with Crippen LogP contribution in [-0.4, -0.2) is 15.5 Å². The highest BCUT2D eigenvalue weighted by molar-refractivity contribution is 7.98. The third-order valence-electron chi connectivity index (χ3n) is 6.12. The van der Waals surface area contributed by atoms with E-state index in [4.69, 9.17) is 0 Å². The van der Waals surface area contributed by atoms with Gasteiger partial charge in [-0.25, -0.2) is 0 Å². The lowest BCUT2D eigenvalue weighted by Gasteiger charge is -2.28. The fourth-order valence-corrected chi connectivity index (χ4v) is 5.44. The number of hydrogen-bond acceptors (Lipinski definition) is 4. The summed E-state index contributed by atoms with van der Waals surface area (Å²) in [4.78, 5) is 30.4. The predicted molar refractivity (Wildman–Crippen MR) is 129 cm³/mol. The number of hydrogen-bond donors (Lipinski definition) is 1. The van der Waals surface area contributed by atoms with Gasteiger partial charge in [0.1, 0.15) is 5.82 Å². The van der Waals surface area contributed by atoms with Gasteiger partial charge in [-0.05, 0) is 34.4 Å². The van der Waals surface area contributed by atoms with Crippen LogP contribution in [0.3, 0.4) is 0 Å². The van der Waals surface area contributed by atoms with Crippen molar-refractivity contribution < 1.29 is 4.79 Å². The molecule has 1 N–H and O–H groups in total. The number of carbonyl (C=O) groups excluding carboxylic acids is 1. The van der Waals surface area contributed by atoms with Crippen LogP contribution in [0, 0.1) is 6.92 Å². The average molecular weight is 442 g/mol. The Kier molecular flexibility index (Phi) is 5.31. The lowest BCUT2D eigenvalue weighted by atomic mass is 9.84. The molecule has 6 heteroatoms. The standard InChI is InChI=1S/C26H23N3O2S/c1-16-8-3-4-10-18(16)15-32-26-28-25(31)23-21(14-22(30)27-24(23)29(26)2)20-13-7-11-17-9-5-6-12-19(17)20/h3-13,21H,14-15H2,1-2H3,(H,27,30). The molecule has 1 atom stereocenters. The number of aryl methyl sites for hydroxylation is 1. The number of thioether (sulfide) groups is 1. The molecule has 0 bridgehead atoms. The van der Waals surface area contributed by atoms with E-state index in [1.807, 2.05) is 66.2 Å². The first-order valence-corrected chi connectivity index (χ1v) is 11.6. The molecule has 1 aliphatic heterocycles. The van der Waals surface area contributed by atoms with Gasteiger partial charge in [-0.1, -0.05) is 78.5 Å². The summed E-state index contributed by atoms with van der Waals surface area (Å²) in [7, 11) is 1.86. The summed E-state index contributed by atoms with van der Waals surface area (Å²) in [6.45, 7) is 2.07. The van der Waals surface area contributed by atoms with E-state index in [2.05, 4.69) is 29.4 Å². The summed E-state index contributed by atoms with van der Waals surface area (Å²) >= 11 is 1.50. The van der Waals surface area contributed by atoms with Crippen LogP contribution in [0.5, 0.6) is 0 Å². The van der Waals surface area contributed by atoms with E-state index in [1.165, 1.54) is 22.9 Å². The van der Waals surface area contributed by atoms with Gasteiger partial charge in [0.15, 0.2) is 5.16 Å². The van der Waals surface area contributed by atoms with Crippen molar-refractivity contribution in [2.24, 2.45) is 7.05 Å². The largest absolute Gasteiger partial charge is 0.312 e. The first-order chi connectivity index (χ1) is 15.5. The lowest BCUT2D eigenvalue weighted by Crippen LogP contribution is -2.33. The number of benzene rings is 3. The molecule has 0 radical (unpaired) electrons. The van der Waals surface area contributed by atoms with E-state index >= 15 is 0 Å². The number of rotatable bonds is 4. The Labute approximate surface area is 190 Å². The first kappa shape index (κ1) is 20.5. The van der Waals surface area contributed by atoms with Gasteiger partial charge in [-0.3, -0.25) is 9.59 Å². The molecule has 1 unspecified atom stereocenters. The average Bonchev–Trinajstić information content (AvgIpc) is 2.80. The zero-order valence-corrected chi connectivity index (χ0v) is 18.8. The molecule has 1 aromatic heterocycles. The smallest absolute Gasteiger partial charge is 0.279 e. The molecule has 3 aromatic carbocycles. The topological polar surface area (TPSA) is 64.0 Å². The van der Waals surface area contributed by atoms with Crippen molar-refractivity contribution in [3.8, 4) is 0 Å². The van der Waals surface area contributed by atoms with Crippen LogP contribution >= 0.6 is 11.8 Å². The molecule has 160 valence electrons. The Bertz CT molecular complexity index is 1400. The molecule has 2 heterocycles. The van der Waals surface area contributed by atoms with Crippen LogP contribution in [0.2, 0.25) is 0 Å². The zero-order valence-electron chi connectivity index (χ0n) is 18.0. The highest BCUT2D eigenvalue weighted by Crippen LogP contribution is 2.38. The minimum absolute atomic E-state index is 0.0912. The van der Waals surface area contributed by atoms with Gasteiger partial charge in [-0.15, -0.1) is 0 Å². The molecule has 0 aliphatic carbocycles. The van der Waals surface area contributed by atoms with E-state index < -0.39 is 0 Å². The van der Waals surface area contributed by atoms with Gasteiger partial charge in [0, 0.05) is 25.1 Å². The van der Waals surface area contributed by atoms with Crippen LogP contribution in [-0.2, 0) is 17.6 Å². The molecule has 5 nitrogen and oxygen atoms in total. The van der Waals surface area contributed by atoms with E-state index in [0.29, 0.717) is 22.3 Å². The number of amides is 1. The molecule has 0 saturated carbocycles. The minimum atomic E-state index is -0.327. The normalized spacial score (nSPS) is 15.4. The minimum Gasteiger partial charge on any atom is -0.312 e. The molecule has 0 fully saturated rings. The molecule has 1 amide bonds. The maximum atomic E-state index is 13.3. The maximum absolute atomic E-state index is 13.3. The van der Waals surface area contributed by atoms with Gasteiger partial charge in [-0.2, -0.15) is 4.98 Å². The number of carbonyl (C=O) groups is 1. The van der Waals surface area contributed by atoms with E-state index in [0.717, 1.165) is 16.3 Å². The molecular weight excluding hydrogens is 418 g/mol. The van der Waals surface area contributed by atoms with Gasteiger partial charge in [0.2, 0.25) is 5.91 Å². The summed E-state index contributed by atoms with van der Waals surface area (Å²) in [5.74, 6) is 0.830. The Morgan fingerprint density at radius 1 is 1.03 bits per heavy atom. The van der Waals surface area contributed by atoms with Gasteiger partial charge >= 0.3 is 0 Å². The number of anilines is 1. The van der Waals surface area contributed by atoms with Crippen molar-refractivity contribution in [3.63, 3.8) is 0 Å². The van der Waals surface area contributed by atoms with Crippen molar-refractivity contribution >= 4 is 34.3 Å². The molecule has 1 aliphatic rings. The predicted octanol–water partition coefficient (Wildman–Crippen LogP) is 5.01. The second-order valence-corrected chi connectivity index (χ2v) is 9.05. The number of nitrogens with one attached hydrogen (secondary N) is 1. The van der Waals surface area contributed by atoms with Crippen molar-refractivity contribution in [3.05, 3.63) is 99.3 Å². The van der Waals surface area contributed by atoms with Gasteiger partial charge in [0.25, 0.3) is 5.56 Å². The number of nitrogens with zero attached hydrogens (tertiary/aromatic N) is 2. The fourth-order valence-electron chi connectivity index (χ4n) is 4.40. The molecule has 0 spiro atoms. The monoisotopic (exact) mass is 441 g/mol. The van der Waals surface area contributed by atoms with Crippen LogP contribution < -0.4 is 10.9 Å². The Balaban J connectivity index is 1.59. The zero-order chi connectivity index (χ0) is 22.2. The molecule has 0 saturated heterocycles. The summed E-state index contributed by atoms with van der Waals surface area (Å²) in [5.41, 5.74) is 3.67. The van der Waals surface area contributed by atoms with Crippen molar-refractivity contribution in [2.45, 2.75) is 30.2 Å². The lowest BCUT2D eigenvalue weighted by molar-refractivity contribution is -0.116. The highest BCUT2D eigenvalue weighted by Gasteiger charge is 2.32. The van der Waals surface area contributed by atoms with Gasteiger partial charge in [0.05, 0.1) is 5.56 Å². The van der Waals surface area contributed by atoms with Crippen LogP contribution in [0.4, 0.5) is 5.82 Å². The van der Waals surface area contributed by atoms with Crippen LogP contribution in [0.25, 0.3) is 10.8 Å². The molecular formula is C26H23N3O2S. The molecule has 5 rings (SSSR count). The number of aromatic nitrogens is 2. The summed E-state index contributed by atoms with van der Waals surface area (Å²) in [6, 6.07) is 22.3. The second-order valence-electron chi connectivity index (χ2n) is 8.11. The van der Waals surface area contributed by atoms with Crippen LogP contribution in [0.1, 0.15) is 34.6 Å². The summed E-state index contributed by atoms with van der Waals surface area (Å²) < 4.78 is 1.84.